The average Bonchev–Trinajstić information content (AvgIpc) is 2.94. The Balaban J connectivity index is 2.24. The Hall–Kier alpha value is -1.72. The second-order valence-electron chi connectivity index (χ2n) is 4.38. The third kappa shape index (κ3) is 3.19. The summed E-state index contributed by atoms with van der Waals surface area (Å²) in [6, 6.07) is 7.79. The molecule has 5 nitrogen and oxygen atoms in total. The van der Waals surface area contributed by atoms with Gasteiger partial charge in [0, 0.05) is 19.2 Å². The van der Waals surface area contributed by atoms with Crippen LogP contribution in [0.5, 0.6) is 0 Å². The molecule has 1 unspecified atom stereocenters. The highest BCUT2D eigenvalue weighted by Gasteiger charge is 2.17. The molecule has 102 valence electrons. The quantitative estimate of drug-likeness (QED) is 0.865. The molecule has 1 aromatic carbocycles. The number of benzene rings is 1. The zero-order valence-electron chi connectivity index (χ0n) is 11.3. The lowest BCUT2D eigenvalue weighted by Crippen LogP contribution is -2.03. The highest BCUT2D eigenvalue weighted by Crippen LogP contribution is 2.23. The van der Waals surface area contributed by atoms with Crippen molar-refractivity contribution < 1.29 is 9.26 Å². The molecule has 2 aromatic rings. The van der Waals surface area contributed by atoms with Crippen LogP contribution in [0.25, 0.3) is 11.5 Å². The van der Waals surface area contributed by atoms with Gasteiger partial charge in [0.25, 0.3) is 5.89 Å². The van der Waals surface area contributed by atoms with E-state index in [4.69, 9.17) is 15.0 Å². The number of hydrogen-bond donors (Lipinski definition) is 1. The normalized spacial score (nSPS) is 12.6. The lowest BCUT2D eigenvalue weighted by Gasteiger charge is -2.08. The van der Waals surface area contributed by atoms with Crippen LogP contribution in [0.1, 0.15) is 37.3 Å². The number of rotatable bonds is 6. The highest BCUT2D eigenvalue weighted by atomic mass is 16.5. The van der Waals surface area contributed by atoms with Crippen molar-refractivity contribution in [3.8, 4) is 11.5 Å². The van der Waals surface area contributed by atoms with Crippen LogP contribution in [0.15, 0.2) is 28.8 Å². The van der Waals surface area contributed by atoms with Gasteiger partial charge in [-0.05, 0) is 24.1 Å². The Labute approximate surface area is 112 Å². The molecule has 0 spiro atoms. The van der Waals surface area contributed by atoms with Gasteiger partial charge in [-0.2, -0.15) is 4.98 Å². The Bertz CT molecular complexity index is 525. The molecule has 1 aromatic heterocycles. The molecule has 0 amide bonds. The van der Waals surface area contributed by atoms with E-state index in [9.17, 15) is 0 Å². The standard InChI is InChI=1S/C14H19N3O2/c1-3-5-12(18-2)13-16-14(19-17-13)11-7-4-6-10(8-11)9-15/h4,6-8,12H,3,5,9,15H2,1-2H3. The van der Waals surface area contributed by atoms with E-state index in [1.54, 1.807) is 7.11 Å². The van der Waals surface area contributed by atoms with Crippen LogP contribution in [0.4, 0.5) is 0 Å². The van der Waals surface area contributed by atoms with E-state index in [2.05, 4.69) is 17.1 Å². The summed E-state index contributed by atoms with van der Waals surface area (Å²) in [6.07, 6.45) is 1.77. The fourth-order valence-electron chi connectivity index (χ4n) is 1.93. The van der Waals surface area contributed by atoms with Gasteiger partial charge < -0.3 is 15.0 Å². The molecule has 19 heavy (non-hydrogen) atoms. The van der Waals surface area contributed by atoms with Crippen molar-refractivity contribution in [2.45, 2.75) is 32.4 Å². The fourth-order valence-corrected chi connectivity index (χ4v) is 1.93. The van der Waals surface area contributed by atoms with Crippen molar-refractivity contribution in [2.75, 3.05) is 7.11 Å². The van der Waals surface area contributed by atoms with E-state index in [1.807, 2.05) is 24.3 Å². The monoisotopic (exact) mass is 261 g/mol. The van der Waals surface area contributed by atoms with Gasteiger partial charge in [0.05, 0.1) is 0 Å². The number of hydrogen-bond acceptors (Lipinski definition) is 5. The van der Waals surface area contributed by atoms with E-state index in [1.165, 1.54) is 0 Å². The molecule has 1 heterocycles. The summed E-state index contributed by atoms with van der Waals surface area (Å²) < 4.78 is 10.7. The molecule has 0 radical (unpaired) electrons. The van der Waals surface area contributed by atoms with Gasteiger partial charge >= 0.3 is 0 Å². The maximum atomic E-state index is 5.62. The van der Waals surface area contributed by atoms with Gasteiger partial charge in [-0.15, -0.1) is 0 Å². The molecule has 0 aliphatic heterocycles. The van der Waals surface area contributed by atoms with Crippen molar-refractivity contribution in [2.24, 2.45) is 5.73 Å². The van der Waals surface area contributed by atoms with Gasteiger partial charge in [-0.25, -0.2) is 0 Å². The van der Waals surface area contributed by atoms with Crippen molar-refractivity contribution in [1.29, 1.82) is 0 Å². The van der Waals surface area contributed by atoms with E-state index >= 15 is 0 Å². The molecule has 5 heteroatoms. The summed E-state index contributed by atoms with van der Waals surface area (Å²) in [6.45, 7) is 2.59. The number of ether oxygens (including phenoxy) is 1. The van der Waals surface area contributed by atoms with Crippen molar-refractivity contribution in [3.63, 3.8) is 0 Å². The van der Waals surface area contributed by atoms with Crippen molar-refractivity contribution in [3.05, 3.63) is 35.7 Å². The molecule has 0 saturated heterocycles. The third-order valence-corrected chi connectivity index (χ3v) is 2.97. The third-order valence-electron chi connectivity index (χ3n) is 2.97. The molecular weight excluding hydrogens is 242 g/mol. The van der Waals surface area contributed by atoms with Gasteiger partial charge in [0.1, 0.15) is 6.10 Å². The molecule has 0 aliphatic carbocycles. The second kappa shape index (κ2) is 6.45. The average molecular weight is 261 g/mol. The molecule has 2 rings (SSSR count). The molecule has 0 bridgehead atoms. The van der Waals surface area contributed by atoms with Crippen LogP contribution in [0, 0.1) is 0 Å². The molecule has 2 N–H and O–H groups in total. The maximum Gasteiger partial charge on any atom is 0.258 e. The minimum Gasteiger partial charge on any atom is -0.373 e. The second-order valence-corrected chi connectivity index (χ2v) is 4.38. The summed E-state index contributed by atoms with van der Waals surface area (Å²) in [4.78, 5) is 4.40. The SMILES string of the molecule is CCCC(OC)c1noc(-c2cccc(CN)c2)n1. The number of nitrogens with zero attached hydrogens (tertiary/aromatic N) is 2. The largest absolute Gasteiger partial charge is 0.373 e. The molecule has 1 atom stereocenters. The molecule has 0 saturated carbocycles. The summed E-state index contributed by atoms with van der Waals surface area (Å²) in [5, 5.41) is 4.00. The Morgan fingerprint density at radius 1 is 1.42 bits per heavy atom. The maximum absolute atomic E-state index is 5.62. The van der Waals surface area contributed by atoms with Crippen LogP contribution in [-0.4, -0.2) is 17.3 Å². The van der Waals surface area contributed by atoms with E-state index in [0.717, 1.165) is 24.0 Å². The predicted octanol–water partition coefficient (Wildman–Crippen LogP) is 2.68. The van der Waals surface area contributed by atoms with E-state index in [0.29, 0.717) is 18.3 Å². The smallest absolute Gasteiger partial charge is 0.258 e. The molecular formula is C14H19N3O2. The fraction of sp³-hybridized carbons (Fsp3) is 0.429. The topological polar surface area (TPSA) is 74.2 Å². The van der Waals surface area contributed by atoms with Crippen LogP contribution in [-0.2, 0) is 11.3 Å². The first-order valence-electron chi connectivity index (χ1n) is 6.44. The van der Waals surface area contributed by atoms with Gasteiger partial charge in [-0.3, -0.25) is 0 Å². The minimum atomic E-state index is -0.111. The first-order chi connectivity index (χ1) is 9.28. The Morgan fingerprint density at radius 3 is 2.95 bits per heavy atom. The van der Waals surface area contributed by atoms with Crippen LogP contribution >= 0.6 is 0 Å². The minimum absolute atomic E-state index is 0.111. The first-order valence-corrected chi connectivity index (χ1v) is 6.44. The summed E-state index contributed by atoms with van der Waals surface area (Å²) in [5.41, 5.74) is 7.54. The van der Waals surface area contributed by atoms with Gasteiger partial charge in [0.15, 0.2) is 0 Å². The van der Waals surface area contributed by atoms with E-state index in [-0.39, 0.29) is 6.10 Å². The van der Waals surface area contributed by atoms with Crippen molar-refractivity contribution >= 4 is 0 Å². The molecule has 0 aliphatic rings. The number of aromatic nitrogens is 2. The van der Waals surface area contributed by atoms with Gasteiger partial charge in [-0.1, -0.05) is 30.6 Å². The lowest BCUT2D eigenvalue weighted by atomic mass is 10.1. The summed E-state index contributed by atoms with van der Waals surface area (Å²) >= 11 is 0. The highest BCUT2D eigenvalue weighted by molar-refractivity contribution is 5.54. The first kappa shape index (κ1) is 13.7. The summed E-state index contributed by atoms with van der Waals surface area (Å²) in [7, 11) is 1.66. The summed E-state index contributed by atoms with van der Waals surface area (Å²) in [5.74, 6) is 1.10. The Kier molecular flexibility index (Phi) is 4.65. The van der Waals surface area contributed by atoms with Crippen LogP contribution < -0.4 is 5.73 Å². The van der Waals surface area contributed by atoms with Gasteiger partial charge in [0.2, 0.25) is 5.82 Å². The number of methoxy groups -OCH3 is 1. The predicted molar refractivity (Wildman–Crippen MR) is 72.3 cm³/mol. The van der Waals surface area contributed by atoms with Crippen LogP contribution in [0.3, 0.4) is 0 Å². The molecule has 0 fully saturated rings. The van der Waals surface area contributed by atoms with Crippen LogP contribution in [0.2, 0.25) is 0 Å². The van der Waals surface area contributed by atoms with E-state index < -0.39 is 0 Å². The zero-order chi connectivity index (χ0) is 13.7. The number of nitrogens with two attached hydrogens (primary N) is 1. The lowest BCUT2D eigenvalue weighted by molar-refractivity contribution is 0.0854. The van der Waals surface area contributed by atoms with Crippen molar-refractivity contribution in [1.82, 2.24) is 10.1 Å². The zero-order valence-corrected chi connectivity index (χ0v) is 11.3. The Morgan fingerprint density at radius 2 is 2.26 bits per heavy atom.